The van der Waals surface area contributed by atoms with E-state index in [-0.39, 0.29) is 40.3 Å². The molecule has 0 spiro atoms. The first-order valence-corrected chi connectivity index (χ1v) is 13.5. The average molecular weight is 564 g/mol. The van der Waals surface area contributed by atoms with Crippen LogP contribution < -0.4 is 20.7 Å². The van der Waals surface area contributed by atoms with Crippen LogP contribution in [0.15, 0.2) is 42.7 Å². The number of aromatic hydroxyl groups is 1. The SMILES string of the molecule is CC(C)OC(=O)N[C@H](C[AsH]C(=O)c1ccc(OCCNC(=O)NCc2cccnc2)cc1O)C(=O)O. The first kappa shape index (κ1) is 28.4. The molecule has 36 heavy (non-hydrogen) atoms. The number of urea groups is 1. The Morgan fingerprint density at radius 1 is 1.14 bits per heavy atom. The molecule has 3 amide bonds. The molecule has 194 valence electrons. The normalized spacial score (nSPS) is 11.6. The van der Waals surface area contributed by atoms with Crippen LogP contribution in [0.3, 0.4) is 0 Å². The number of aromatic nitrogens is 1. The van der Waals surface area contributed by atoms with Crippen LogP contribution in [-0.4, -0.2) is 78.9 Å². The molecule has 0 saturated carbocycles. The van der Waals surface area contributed by atoms with E-state index in [9.17, 15) is 29.4 Å². The Kier molecular flexibility index (Phi) is 11.5. The molecule has 0 aliphatic carbocycles. The molecule has 0 bridgehead atoms. The second-order valence-electron chi connectivity index (χ2n) is 7.70. The van der Waals surface area contributed by atoms with Gasteiger partial charge in [-0.15, -0.1) is 0 Å². The number of nitrogens with one attached hydrogen (secondary N) is 3. The van der Waals surface area contributed by atoms with E-state index in [0.717, 1.165) is 5.56 Å². The number of nitrogens with zero attached hydrogens (tertiary/aromatic N) is 1. The number of aliphatic carboxylic acids is 1. The maximum absolute atomic E-state index is 12.5. The fraction of sp³-hybridized carbons (Fsp3) is 0.348. The van der Waals surface area contributed by atoms with E-state index < -0.39 is 40.0 Å². The molecule has 2 aromatic rings. The number of rotatable bonds is 13. The number of phenolic OH excluding ortho intramolecular Hbond substituents is 1. The monoisotopic (exact) mass is 564 g/mol. The van der Waals surface area contributed by atoms with E-state index in [1.807, 2.05) is 6.07 Å². The minimum atomic E-state index is -1.52. The molecule has 13 heteroatoms. The Balaban J connectivity index is 1.76. The first-order chi connectivity index (χ1) is 17.2. The van der Waals surface area contributed by atoms with Crippen LogP contribution in [0.2, 0.25) is 5.21 Å². The van der Waals surface area contributed by atoms with Gasteiger partial charge >= 0.3 is 179 Å². The molecule has 1 aromatic carbocycles. The van der Waals surface area contributed by atoms with Gasteiger partial charge in [-0.2, -0.15) is 0 Å². The molecule has 12 nitrogen and oxygen atoms in total. The number of alkyl carbamates (subject to hydrolysis) is 1. The first-order valence-electron chi connectivity index (χ1n) is 11.0. The molecule has 0 fully saturated rings. The van der Waals surface area contributed by atoms with Gasteiger partial charge < -0.3 is 0 Å². The van der Waals surface area contributed by atoms with Gasteiger partial charge in [-0.3, -0.25) is 4.98 Å². The van der Waals surface area contributed by atoms with Gasteiger partial charge in [-0.25, -0.2) is 0 Å². The molecule has 0 radical (unpaired) electrons. The van der Waals surface area contributed by atoms with Crippen molar-refractivity contribution in [1.82, 2.24) is 20.9 Å². The number of benzene rings is 1. The number of hydrogen-bond donors (Lipinski definition) is 5. The predicted octanol–water partition coefficient (Wildman–Crippen LogP) is 1.25. The summed E-state index contributed by atoms with van der Waals surface area (Å²) in [5, 5.41) is 27.0. The molecular formula is C23H29AsN4O8. The Bertz CT molecular complexity index is 1050. The van der Waals surface area contributed by atoms with Gasteiger partial charge in [0.1, 0.15) is 0 Å². The fourth-order valence-corrected chi connectivity index (χ4v) is 5.00. The zero-order valence-electron chi connectivity index (χ0n) is 19.8. The van der Waals surface area contributed by atoms with Crippen LogP contribution >= 0.6 is 0 Å². The van der Waals surface area contributed by atoms with Crippen LogP contribution in [0.1, 0.15) is 29.8 Å². The fourth-order valence-electron chi connectivity index (χ4n) is 2.75. The summed E-state index contributed by atoms with van der Waals surface area (Å²) in [6, 6.07) is 6.13. The van der Waals surface area contributed by atoms with Crippen molar-refractivity contribution in [3.05, 3.63) is 53.9 Å². The third-order valence-electron chi connectivity index (χ3n) is 4.45. The number of carboxylic acids is 1. The van der Waals surface area contributed by atoms with E-state index in [1.54, 1.807) is 32.3 Å². The van der Waals surface area contributed by atoms with Crippen molar-refractivity contribution in [2.24, 2.45) is 0 Å². The van der Waals surface area contributed by atoms with Crippen LogP contribution in [-0.2, 0) is 16.1 Å². The van der Waals surface area contributed by atoms with Crippen molar-refractivity contribution in [3.63, 3.8) is 0 Å². The number of ether oxygens (including phenoxy) is 2. The molecule has 0 aliphatic rings. The summed E-state index contributed by atoms with van der Waals surface area (Å²) >= 11 is -1.52. The molecule has 5 N–H and O–H groups in total. The van der Waals surface area contributed by atoms with E-state index in [4.69, 9.17) is 9.47 Å². The molecule has 1 heterocycles. The minimum absolute atomic E-state index is 0.0455. The maximum atomic E-state index is 12.5. The number of carboxylic acid groups (broad SMARTS) is 1. The summed E-state index contributed by atoms with van der Waals surface area (Å²) in [6.45, 7) is 3.91. The summed E-state index contributed by atoms with van der Waals surface area (Å²) in [5.74, 6) is -1.29. The third-order valence-corrected chi connectivity index (χ3v) is 6.97. The van der Waals surface area contributed by atoms with Crippen molar-refractivity contribution < 1.29 is 38.9 Å². The molecular weight excluding hydrogens is 535 g/mol. The van der Waals surface area contributed by atoms with Crippen LogP contribution in [0.25, 0.3) is 0 Å². The van der Waals surface area contributed by atoms with Gasteiger partial charge in [0.15, 0.2) is 0 Å². The zero-order chi connectivity index (χ0) is 26.5. The van der Waals surface area contributed by atoms with Gasteiger partial charge in [-0.05, 0) is 11.6 Å². The topological polar surface area (TPSA) is 176 Å². The summed E-state index contributed by atoms with van der Waals surface area (Å²) in [5.41, 5.74) is 0.907. The van der Waals surface area contributed by atoms with E-state index in [0.29, 0.717) is 12.3 Å². The summed E-state index contributed by atoms with van der Waals surface area (Å²) in [6.07, 6.45) is 2.00. The molecule has 2 atom stereocenters. The Morgan fingerprint density at radius 2 is 1.92 bits per heavy atom. The Labute approximate surface area is 214 Å². The predicted molar refractivity (Wildman–Crippen MR) is 131 cm³/mol. The van der Waals surface area contributed by atoms with Crippen molar-refractivity contribution in [1.29, 1.82) is 0 Å². The van der Waals surface area contributed by atoms with Crippen LogP contribution in [0, 0.1) is 0 Å². The second kappa shape index (κ2) is 14.6. The third kappa shape index (κ3) is 10.2. The second-order valence-corrected chi connectivity index (χ2v) is 10.2. The number of carbonyl (C=O) groups excluding carboxylic acids is 3. The van der Waals surface area contributed by atoms with Crippen molar-refractivity contribution >= 4 is 38.4 Å². The van der Waals surface area contributed by atoms with Crippen molar-refractivity contribution in [2.75, 3.05) is 13.2 Å². The van der Waals surface area contributed by atoms with Crippen molar-refractivity contribution in [2.45, 2.75) is 37.7 Å². The van der Waals surface area contributed by atoms with Gasteiger partial charge in [0.25, 0.3) is 0 Å². The number of phenols is 1. The summed E-state index contributed by atoms with van der Waals surface area (Å²) in [7, 11) is 0. The summed E-state index contributed by atoms with van der Waals surface area (Å²) < 4.78 is 9.98. The Morgan fingerprint density at radius 3 is 2.56 bits per heavy atom. The van der Waals surface area contributed by atoms with Crippen molar-refractivity contribution in [3.8, 4) is 11.5 Å². The molecule has 2 rings (SSSR count). The number of carbonyl (C=O) groups is 4. The summed E-state index contributed by atoms with van der Waals surface area (Å²) in [4.78, 5) is 51.4. The van der Waals surface area contributed by atoms with E-state index in [2.05, 4.69) is 20.9 Å². The van der Waals surface area contributed by atoms with E-state index >= 15 is 0 Å². The Hall–Kier alpha value is -3.79. The quantitative estimate of drug-likeness (QED) is 0.177. The van der Waals surface area contributed by atoms with Crippen LogP contribution in [0.4, 0.5) is 9.59 Å². The van der Waals surface area contributed by atoms with Gasteiger partial charge in [0.2, 0.25) is 0 Å². The van der Waals surface area contributed by atoms with Gasteiger partial charge in [0, 0.05) is 12.4 Å². The standard InChI is InChI=1S/C23H29AsN4O8/c1-14(2)36-23(34)28-18(21(31)32)11-24-20(30)17-6-5-16(10-19(17)29)35-9-8-26-22(33)27-13-15-4-3-7-25-12-15/h3-7,10,12,14,18,24,29H,8-9,11,13H2,1-2H3,(H,28,34)(H,31,32)(H2,26,27,33)/t18-/m1/s1. The zero-order valence-corrected chi connectivity index (χ0v) is 21.9. The number of hydrogen-bond acceptors (Lipinski definition) is 8. The van der Waals surface area contributed by atoms with Gasteiger partial charge in [-0.1, -0.05) is 6.07 Å². The molecule has 1 unspecified atom stereocenters. The van der Waals surface area contributed by atoms with Crippen LogP contribution in [0.5, 0.6) is 11.5 Å². The average Bonchev–Trinajstić information content (AvgIpc) is 2.83. The molecule has 0 saturated heterocycles. The number of pyridine rings is 1. The molecule has 0 aliphatic heterocycles. The number of amides is 3. The molecule has 1 aromatic heterocycles. The van der Waals surface area contributed by atoms with Gasteiger partial charge in [0.05, 0.1) is 0 Å². The van der Waals surface area contributed by atoms with E-state index in [1.165, 1.54) is 18.2 Å².